The van der Waals surface area contributed by atoms with Gasteiger partial charge in [0, 0.05) is 42.8 Å². The average Bonchev–Trinajstić information content (AvgIpc) is 3.47. The maximum absolute atomic E-state index is 15.3. The van der Waals surface area contributed by atoms with Crippen LogP contribution in [0.3, 0.4) is 0 Å². The molecule has 1 amide bonds. The fraction of sp³-hybridized carbons (Fsp3) is 0.480. The van der Waals surface area contributed by atoms with E-state index in [0.717, 1.165) is 30.1 Å². The number of halogens is 4. The van der Waals surface area contributed by atoms with Gasteiger partial charge in [0.15, 0.2) is 0 Å². The van der Waals surface area contributed by atoms with Crippen molar-refractivity contribution in [1.29, 1.82) is 0 Å². The fourth-order valence-corrected chi connectivity index (χ4v) is 4.93. The Morgan fingerprint density at radius 3 is 2.64 bits per heavy atom. The van der Waals surface area contributed by atoms with Crippen molar-refractivity contribution < 1.29 is 27.1 Å². The molecule has 1 saturated carbocycles. The topological polar surface area (TPSA) is 120 Å². The number of benzene rings is 1. The molecule has 14 heteroatoms. The number of amides is 1. The van der Waals surface area contributed by atoms with Crippen molar-refractivity contribution in [2.75, 3.05) is 6.61 Å². The maximum atomic E-state index is 15.3. The van der Waals surface area contributed by atoms with Gasteiger partial charge in [0.05, 0.1) is 17.8 Å². The summed E-state index contributed by atoms with van der Waals surface area (Å²) in [5.41, 5.74) is -1.06. The third-order valence-corrected chi connectivity index (χ3v) is 7.13. The van der Waals surface area contributed by atoms with Crippen LogP contribution in [0.5, 0.6) is 5.75 Å². The predicted octanol–water partition coefficient (Wildman–Crippen LogP) is 3.63. The lowest BCUT2D eigenvalue weighted by atomic mass is 9.80. The summed E-state index contributed by atoms with van der Waals surface area (Å²) >= 11 is 0. The quantitative estimate of drug-likeness (QED) is 0.311. The number of aromatic amines is 1. The lowest BCUT2D eigenvalue weighted by Crippen LogP contribution is -2.49. The van der Waals surface area contributed by atoms with Crippen LogP contribution in [0.15, 0.2) is 35.3 Å². The van der Waals surface area contributed by atoms with Gasteiger partial charge in [0.25, 0.3) is 5.91 Å². The molecular weight excluding hydrogens is 522 g/mol. The van der Waals surface area contributed by atoms with Gasteiger partial charge >= 0.3 is 11.9 Å². The molecule has 1 fully saturated rings. The van der Waals surface area contributed by atoms with E-state index in [2.05, 4.69) is 25.9 Å². The first-order valence-corrected chi connectivity index (χ1v) is 12.6. The number of aromatic nitrogens is 6. The number of tetrazole rings is 1. The first-order chi connectivity index (χ1) is 18.5. The monoisotopic (exact) mass is 549 g/mol. The molecule has 2 N–H and O–H groups in total. The van der Waals surface area contributed by atoms with Crippen LogP contribution in [0.25, 0.3) is 11.3 Å². The Morgan fingerprint density at radius 2 is 2.00 bits per heavy atom. The highest BCUT2D eigenvalue weighted by molar-refractivity contribution is 6.22. The van der Waals surface area contributed by atoms with E-state index in [4.69, 9.17) is 4.74 Å². The Hall–Kier alpha value is -3.97. The molecule has 39 heavy (non-hydrogen) atoms. The van der Waals surface area contributed by atoms with Gasteiger partial charge in [-0.1, -0.05) is 12.5 Å². The number of alkyl halides is 3. The molecular formula is C25H27F4N7O3. The Labute approximate surface area is 220 Å². The second-order valence-electron chi connectivity index (χ2n) is 10.1. The molecule has 10 nitrogen and oxygen atoms in total. The largest absolute Gasteiger partial charge is 0.493 e. The Kier molecular flexibility index (Phi) is 7.03. The Balaban J connectivity index is 1.44. The van der Waals surface area contributed by atoms with Gasteiger partial charge < -0.3 is 10.1 Å². The Bertz CT molecular complexity index is 1450. The summed E-state index contributed by atoms with van der Waals surface area (Å²) in [4.78, 5) is 25.7. The van der Waals surface area contributed by atoms with E-state index in [1.165, 1.54) is 18.6 Å². The highest BCUT2D eigenvalue weighted by Gasteiger charge is 2.41. The molecule has 0 saturated heterocycles. The third kappa shape index (κ3) is 5.73. The molecule has 2 aliphatic rings. The van der Waals surface area contributed by atoms with Crippen LogP contribution < -0.4 is 15.7 Å². The molecule has 1 atom stereocenters. The minimum absolute atomic E-state index is 0.0647. The summed E-state index contributed by atoms with van der Waals surface area (Å²) < 4.78 is 60.4. The van der Waals surface area contributed by atoms with Crippen molar-refractivity contribution in [3.8, 4) is 5.75 Å². The van der Waals surface area contributed by atoms with E-state index in [1.807, 2.05) is 0 Å². The van der Waals surface area contributed by atoms with Crippen LogP contribution in [-0.2, 0) is 16.9 Å². The maximum Gasteiger partial charge on any atom is 0.389 e. The van der Waals surface area contributed by atoms with Gasteiger partial charge in [-0.3, -0.25) is 9.48 Å². The minimum Gasteiger partial charge on any atom is -0.493 e. The second-order valence-corrected chi connectivity index (χ2v) is 10.1. The van der Waals surface area contributed by atoms with Crippen LogP contribution in [0, 0.1) is 11.7 Å². The molecule has 3 aromatic rings. The SMILES string of the molecule is C[C@@]1(c2ccc(OCCCC(F)(F)F)cc2F)CC(c2ccn(CC3CCC3)n2)=C(n2nn[nH]c2=O)C(=O)N1. The predicted molar refractivity (Wildman–Crippen MR) is 131 cm³/mol. The standard InChI is InChI=1S/C25H27F4N7O3/c1-24(18-7-6-16(12-19(18)26)39-11-3-9-25(27,28)29)13-17(20-8-10-35(32-20)14-15-4-2-5-15)21(22(37)30-24)36-23(38)31-33-34-36/h6-8,10,12,15H,2-5,9,11,13-14H2,1H3,(H,30,37)(H,31,34,38)/t24-/m0/s1. The zero-order chi connectivity index (χ0) is 27.8. The molecule has 0 spiro atoms. The number of nitrogens with one attached hydrogen (secondary N) is 2. The van der Waals surface area contributed by atoms with E-state index in [0.29, 0.717) is 17.2 Å². The normalized spacial score (nSPS) is 20.2. The van der Waals surface area contributed by atoms with Gasteiger partial charge in [-0.2, -0.15) is 23.0 Å². The minimum atomic E-state index is -4.29. The van der Waals surface area contributed by atoms with Crippen molar-refractivity contribution >= 4 is 17.2 Å². The van der Waals surface area contributed by atoms with Crippen molar-refractivity contribution in [2.24, 2.45) is 5.92 Å². The molecule has 3 heterocycles. The summed E-state index contributed by atoms with van der Waals surface area (Å²) in [5.74, 6) is -0.768. The number of hydrogen-bond donors (Lipinski definition) is 2. The molecule has 208 valence electrons. The highest BCUT2D eigenvalue weighted by atomic mass is 19.4. The number of H-pyrrole nitrogens is 1. The number of ether oxygens (including phenoxy) is 1. The van der Waals surface area contributed by atoms with Crippen molar-refractivity contribution in [2.45, 2.75) is 63.7 Å². The number of nitrogens with zero attached hydrogens (tertiary/aromatic N) is 5. The van der Waals surface area contributed by atoms with Crippen molar-refractivity contribution in [3.63, 3.8) is 0 Å². The van der Waals surface area contributed by atoms with E-state index in [1.54, 1.807) is 23.9 Å². The number of carbonyl (C=O) groups is 1. The van der Waals surface area contributed by atoms with Gasteiger partial charge in [0.1, 0.15) is 17.3 Å². The number of hydrogen-bond acceptors (Lipinski definition) is 6. The first kappa shape index (κ1) is 26.6. The highest BCUT2D eigenvalue weighted by Crippen LogP contribution is 2.40. The van der Waals surface area contributed by atoms with Crippen molar-refractivity contribution in [1.82, 2.24) is 35.3 Å². The van der Waals surface area contributed by atoms with Gasteiger partial charge in [-0.25, -0.2) is 14.3 Å². The lowest BCUT2D eigenvalue weighted by Gasteiger charge is -2.37. The smallest absolute Gasteiger partial charge is 0.389 e. The van der Waals surface area contributed by atoms with E-state index < -0.39 is 35.6 Å². The fourth-order valence-electron chi connectivity index (χ4n) is 4.93. The zero-order valence-electron chi connectivity index (χ0n) is 21.1. The summed E-state index contributed by atoms with van der Waals surface area (Å²) in [6, 6.07) is 5.69. The lowest BCUT2D eigenvalue weighted by molar-refractivity contribution is -0.136. The molecule has 0 radical (unpaired) electrons. The molecule has 2 aromatic heterocycles. The molecule has 1 aliphatic heterocycles. The molecule has 1 aliphatic carbocycles. The summed E-state index contributed by atoms with van der Waals surface area (Å²) in [5, 5.41) is 16.8. The summed E-state index contributed by atoms with van der Waals surface area (Å²) in [6.07, 6.45) is -0.244. The summed E-state index contributed by atoms with van der Waals surface area (Å²) in [7, 11) is 0. The number of rotatable bonds is 9. The molecule has 1 aromatic carbocycles. The third-order valence-electron chi connectivity index (χ3n) is 7.13. The van der Waals surface area contributed by atoms with Gasteiger partial charge in [-0.15, -0.1) is 0 Å². The van der Waals surface area contributed by atoms with Crippen LogP contribution in [0.1, 0.15) is 56.7 Å². The van der Waals surface area contributed by atoms with E-state index in [9.17, 15) is 22.8 Å². The average molecular weight is 550 g/mol. The molecule has 0 bridgehead atoms. The van der Waals surface area contributed by atoms with Crippen LogP contribution in [0.4, 0.5) is 17.6 Å². The zero-order valence-corrected chi connectivity index (χ0v) is 21.1. The van der Waals surface area contributed by atoms with Gasteiger partial charge in [-0.05, 0) is 54.7 Å². The molecule has 5 rings (SSSR count). The van der Waals surface area contributed by atoms with Crippen LogP contribution in [0.2, 0.25) is 0 Å². The van der Waals surface area contributed by atoms with Gasteiger partial charge in [0.2, 0.25) is 0 Å². The molecule has 0 unspecified atom stereocenters. The number of carbonyl (C=O) groups excluding carboxylic acids is 1. The summed E-state index contributed by atoms with van der Waals surface area (Å²) in [6.45, 7) is 2.15. The first-order valence-electron chi connectivity index (χ1n) is 12.6. The van der Waals surface area contributed by atoms with E-state index >= 15 is 4.39 Å². The van der Waals surface area contributed by atoms with Crippen LogP contribution >= 0.6 is 0 Å². The second kappa shape index (κ2) is 10.3. The van der Waals surface area contributed by atoms with E-state index in [-0.39, 0.29) is 36.5 Å². The van der Waals surface area contributed by atoms with Crippen LogP contribution in [-0.4, -0.2) is 48.7 Å². The Morgan fingerprint density at radius 1 is 1.21 bits per heavy atom. The van der Waals surface area contributed by atoms with Crippen molar-refractivity contribution in [3.05, 3.63) is 58.0 Å².